The van der Waals surface area contributed by atoms with Crippen LogP contribution in [0.5, 0.6) is 5.75 Å². The number of phenolic OH excluding ortho intramolecular Hbond substituents is 1. The second kappa shape index (κ2) is 5.31. The van der Waals surface area contributed by atoms with Crippen molar-refractivity contribution >= 4 is 12.0 Å². The van der Waals surface area contributed by atoms with Crippen LogP contribution in [0.4, 0.5) is 0 Å². The highest BCUT2D eigenvalue weighted by molar-refractivity contribution is 5.85. The van der Waals surface area contributed by atoms with Gasteiger partial charge < -0.3 is 10.2 Å². The predicted molar refractivity (Wildman–Crippen MR) is 82.2 cm³/mol. The number of carboxylic acids is 1. The maximum Gasteiger partial charge on any atom is 0.328 e. The van der Waals surface area contributed by atoms with Gasteiger partial charge in [-0.05, 0) is 34.6 Å². The largest absolute Gasteiger partial charge is 0.507 e. The van der Waals surface area contributed by atoms with Gasteiger partial charge in [-0.2, -0.15) is 0 Å². The highest BCUT2D eigenvalue weighted by Crippen LogP contribution is 2.39. The van der Waals surface area contributed by atoms with Crippen molar-refractivity contribution in [3.8, 4) is 5.75 Å². The zero-order valence-electron chi connectivity index (χ0n) is 13.1. The van der Waals surface area contributed by atoms with Crippen molar-refractivity contribution in [2.24, 2.45) is 0 Å². The summed E-state index contributed by atoms with van der Waals surface area (Å²) in [5.74, 6) is -0.676. The number of carboxylic acid groups (broad SMARTS) is 1. The first-order valence-electron chi connectivity index (χ1n) is 6.72. The molecule has 3 nitrogen and oxygen atoms in total. The topological polar surface area (TPSA) is 57.5 Å². The normalized spacial score (nSPS) is 12.9. The Morgan fingerprint density at radius 2 is 1.40 bits per heavy atom. The maximum atomic E-state index is 10.7. The van der Waals surface area contributed by atoms with Crippen LogP contribution in [0.1, 0.15) is 58.2 Å². The van der Waals surface area contributed by atoms with E-state index >= 15 is 0 Å². The number of hydrogen-bond acceptors (Lipinski definition) is 2. The predicted octanol–water partition coefficient (Wildman–Crippen LogP) is 4.09. The minimum Gasteiger partial charge on any atom is -0.507 e. The molecule has 0 bridgehead atoms. The first-order chi connectivity index (χ1) is 8.93. The summed E-state index contributed by atoms with van der Waals surface area (Å²) in [6, 6.07) is 3.70. The molecule has 0 atom stereocenters. The fourth-order valence-corrected chi connectivity index (χ4v) is 2.06. The Labute approximate surface area is 121 Å². The molecule has 0 unspecified atom stereocenters. The SMILES string of the molecule is CC(C)(C)c1cc(/C=C/C(=O)O)cc(C(C)(C)C)c1O. The Bertz CT molecular complexity index is 505. The second-order valence-electron chi connectivity index (χ2n) is 7.14. The third kappa shape index (κ3) is 3.86. The van der Waals surface area contributed by atoms with Crippen LogP contribution in [-0.2, 0) is 15.6 Å². The maximum absolute atomic E-state index is 10.7. The lowest BCUT2D eigenvalue weighted by Gasteiger charge is -2.27. The highest BCUT2D eigenvalue weighted by Gasteiger charge is 2.26. The molecule has 0 aliphatic rings. The molecule has 1 rings (SSSR count). The number of hydrogen-bond donors (Lipinski definition) is 2. The second-order valence-corrected chi connectivity index (χ2v) is 7.14. The van der Waals surface area contributed by atoms with Gasteiger partial charge in [0.15, 0.2) is 0 Å². The van der Waals surface area contributed by atoms with Crippen molar-refractivity contribution < 1.29 is 15.0 Å². The van der Waals surface area contributed by atoms with E-state index in [1.807, 2.05) is 53.7 Å². The van der Waals surface area contributed by atoms with Crippen LogP contribution in [0.2, 0.25) is 0 Å². The molecular formula is C17H24O3. The minimum absolute atomic E-state index is 0.211. The fourth-order valence-electron chi connectivity index (χ4n) is 2.06. The lowest BCUT2D eigenvalue weighted by Crippen LogP contribution is -2.17. The van der Waals surface area contributed by atoms with E-state index in [0.717, 1.165) is 22.8 Å². The van der Waals surface area contributed by atoms with Crippen LogP contribution >= 0.6 is 0 Å². The molecule has 1 aromatic carbocycles. The molecule has 0 heterocycles. The smallest absolute Gasteiger partial charge is 0.328 e. The van der Waals surface area contributed by atoms with Crippen molar-refractivity contribution in [2.75, 3.05) is 0 Å². The number of rotatable bonds is 2. The summed E-state index contributed by atoms with van der Waals surface area (Å²) in [5.41, 5.74) is 2.03. The first-order valence-corrected chi connectivity index (χ1v) is 6.72. The molecule has 0 saturated carbocycles. The van der Waals surface area contributed by atoms with Gasteiger partial charge in [0.05, 0.1) is 0 Å². The molecule has 3 heteroatoms. The lowest BCUT2D eigenvalue weighted by molar-refractivity contribution is -0.131. The molecule has 0 aliphatic heterocycles. The van der Waals surface area contributed by atoms with Crippen LogP contribution in [0, 0.1) is 0 Å². The Balaban J connectivity index is 3.54. The van der Waals surface area contributed by atoms with Gasteiger partial charge in [0.2, 0.25) is 0 Å². The average molecular weight is 276 g/mol. The van der Waals surface area contributed by atoms with Gasteiger partial charge in [-0.1, -0.05) is 41.5 Å². The molecule has 0 aromatic heterocycles. The number of benzene rings is 1. The van der Waals surface area contributed by atoms with E-state index in [-0.39, 0.29) is 10.8 Å². The summed E-state index contributed by atoms with van der Waals surface area (Å²) in [7, 11) is 0. The Hall–Kier alpha value is -1.77. The zero-order valence-corrected chi connectivity index (χ0v) is 13.1. The molecule has 0 aliphatic carbocycles. The van der Waals surface area contributed by atoms with E-state index in [1.165, 1.54) is 0 Å². The molecule has 1 aromatic rings. The molecule has 0 fully saturated rings. The molecule has 0 amide bonds. The summed E-state index contributed by atoms with van der Waals surface area (Å²) >= 11 is 0. The van der Waals surface area contributed by atoms with Crippen LogP contribution in [0.15, 0.2) is 18.2 Å². The molecule has 2 N–H and O–H groups in total. The number of aromatic hydroxyl groups is 1. The molecule has 0 radical (unpaired) electrons. The summed E-state index contributed by atoms with van der Waals surface area (Å²) < 4.78 is 0. The van der Waals surface area contributed by atoms with Gasteiger partial charge in [-0.15, -0.1) is 0 Å². The van der Waals surface area contributed by atoms with Gasteiger partial charge in [0.25, 0.3) is 0 Å². The zero-order chi connectivity index (χ0) is 15.7. The number of aliphatic carboxylic acids is 1. The Morgan fingerprint density at radius 1 is 1.00 bits per heavy atom. The standard InChI is InChI=1S/C17H24O3/c1-16(2,3)12-9-11(7-8-14(18)19)10-13(15(12)20)17(4,5)6/h7-10,20H,1-6H3,(H,18,19)/b8-7+. The van der Waals surface area contributed by atoms with Gasteiger partial charge in [0.1, 0.15) is 5.75 Å². The van der Waals surface area contributed by atoms with Crippen molar-refractivity contribution in [2.45, 2.75) is 52.4 Å². The third-order valence-electron chi connectivity index (χ3n) is 3.17. The highest BCUT2D eigenvalue weighted by atomic mass is 16.4. The molecule has 0 saturated heterocycles. The minimum atomic E-state index is -0.979. The van der Waals surface area contributed by atoms with Crippen LogP contribution in [-0.4, -0.2) is 16.2 Å². The lowest BCUT2D eigenvalue weighted by atomic mass is 9.78. The van der Waals surface area contributed by atoms with E-state index < -0.39 is 5.97 Å². The van der Waals surface area contributed by atoms with Crippen molar-refractivity contribution in [1.29, 1.82) is 0 Å². The van der Waals surface area contributed by atoms with Crippen LogP contribution < -0.4 is 0 Å². The van der Waals surface area contributed by atoms with E-state index in [0.29, 0.717) is 5.75 Å². The quantitative estimate of drug-likeness (QED) is 0.800. The number of carbonyl (C=O) groups is 1. The molecule has 0 spiro atoms. The Kier molecular flexibility index (Phi) is 4.33. The van der Waals surface area contributed by atoms with Gasteiger partial charge in [-0.3, -0.25) is 0 Å². The van der Waals surface area contributed by atoms with Gasteiger partial charge in [-0.25, -0.2) is 4.79 Å². The fraction of sp³-hybridized carbons (Fsp3) is 0.471. The molecule has 20 heavy (non-hydrogen) atoms. The molecule has 110 valence electrons. The first kappa shape index (κ1) is 16.3. The summed E-state index contributed by atoms with van der Waals surface area (Å²) in [5, 5.41) is 19.3. The monoisotopic (exact) mass is 276 g/mol. The van der Waals surface area contributed by atoms with E-state index in [1.54, 1.807) is 6.08 Å². The van der Waals surface area contributed by atoms with Crippen molar-refractivity contribution in [3.05, 3.63) is 34.9 Å². The van der Waals surface area contributed by atoms with Crippen molar-refractivity contribution in [1.82, 2.24) is 0 Å². The van der Waals surface area contributed by atoms with Crippen LogP contribution in [0.25, 0.3) is 6.08 Å². The summed E-state index contributed by atoms with van der Waals surface area (Å²) in [6.45, 7) is 12.2. The molecular weight excluding hydrogens is 252 g/mol. The average Bonchev–Trinajstić information content (AvgIpc) is 2.24. The summed E-state index contributed by atoms with van der Waals surface area (Å²) in [4.78, 5) is 10.7. The van der Waals surface area contributed by atoms with E-state index in [2.05, 4.69) is 0 Å². The van der Waals surface area contributed by atoms with Gasteiger partial charge in [0, 0.05) is 17.2 Å². The number of phenols is 1. The van der Waals surface area contributed by atoms with E-state index in [9.17, 15) is 9.90 Å². The Morgan fingerprint density at radius 3 is 1.70 bits per heavy atom. The van der Waals surface area contributed by atoms with Crippen LogP contribution in [0.3, 0.4) is 0 Å². The third-order valence-corrected chi connectivity index (χ3v) is 3.17. The summed E-state index contributed by atoms with van der Waals surface area (Å²) in [6.07, 6.45) is 2.68. The van der Waals surface area contributed by atoms with Gasteiger partial charge >= 0.3 is 5.97 Å². The van der Waals surface area contributed by atoms with E-state index in [4.69, 9.17) is 5.11 Å². The van der Waals surface area contributed by atoms with Crippen molar-refractivity contribution in [3.63, 3.8) is 0 Å².